The van der Waals surface area contributed by atoms with Crippen molar-refractivity contribution >= 4 is 28.3 Å². The number of hydrogen-bond acceptors (Lipinski definition) is 4. The number of halogens is 1. The van der Waals surface area contributed by atoms with Crippen molar-refractivity contribution in [1.82, 2.24) is 9.47 Å². The smallest absolute Gasteiger partial charge is 0.179 e. The van der Waals surface area contributed by atoms with Gasteiger partial charge >= 0.3 is 0 Å². The van der Waals surface area contributed by atoms with Crippen LogP contribution in [-0.2, 0) is 6.42 Å². The predicted octanol–water partition coefficient (Wildman–Crippen LogP) is 5.22. The number of nitriles is 1. The Labute approximate surface area is 199 Å². The molecule has 0 aliphatic carbocycles. The number of hydrogen-bond donors (Lipinski definition) is 1. The number of ketones is 1. The van der Waals surface area contributed by atoms with Crippen molar-refractivity contribution in [3.05, 3.63) is 64.3 Å². The largest absolute Gasteiger partial charge is 0.393 e. The number of fused-ring (bicyclic) bond motifs is 3. The van der Waals surface area contributed by atoms with Crippen LogP contribution in [-0.4, -0.2) is 45.1 Å². The highest BCUT2D eigenvalue weighted by atomic mass is 35.5. The number of Topliss-reactive ketones (excluding diaryl/α,β-unsaturated/α-hetero) is 1. The Morgan fingerprint density at radius 3 is 2.52 bits per heavy atom. The Morgan fingerprint density at radius 1 is 1.15 bits per heavy atom. The fourth-order valence-electron chi connectivity index (χ4n) is 5.84. The molecule has 33 heavy (non-hydrogen) atoms. The zero-order valence-electron chi connectivity index (χ0n) is 18.8. The summed E-state index contributed by atoms with van der Waals surface area (Å²) in [6.07, 6.45) is 4.54. The van der Waals surface area contributed by atoms with Crippen LogP contribution in [0.3, 0.4) is 0 Å². The molecule has 2 fully saturated rings. The SMILES string of the molecule is Cc1c(C(=O)CN2[C@@H]3CC[C@H]2CC(O)C3)c2ccc(CCC#N)cc2n1-c1ccc(Cl)cc1. The molecule has 1 aromatic heterocycles. The minimum absolute atomic E-state index is 0.128. The average Bonchev–Trinajstić information content (AvgIpc) is 3.21. The first kappa shape index (κ1) is 22.2. The maximum absolute atomic E-state index is 13.7. The lowest BCUT2D eigenvalue weighted by Crippen LogP contribution is -2.46. The number of aromatic nitrogens is 1. The van der Waals surface area contributed by atoms with Gasteiger partial charge in [-0.25, -0.2) is 0 Å². The molecule has 1 unspecified atom stereocenters. The summed E-state index contributed by atoms with van der Waals surface area (Å²) in [6.45, 7) is 2.39. The number of aliphatic hydroxyl groups is 1. The third-order valence-electron chi connectivity index (χ3n) is 7.34. The normalized spacial score (nSPS) is 22.5. The van der Waals surface area contributed by atoms with E-state index in [0.29, 0.717) is 36.5 Å². The van der Waals surface area contributed by atoms with Crippen LogP contribution in [0.15, 0.2) is 42.5 Å². The maximum atomic E-state index is 13.7. The molecule has 5 rings (SSSR count). The zero-order valence-corrected chi connectivity index (χ0v) is 19.6. The quantitative estimate of drug-likeness (QED) is 0.511. The van der Waals surface area contributed by atoms with Gasteiger partial charge in [-0.1, -0.05) is 23.7 Å². The lowest BCUT2D eigenvalue weighted by molar-refractivity contribution is 0.0344. The second kappa shape index (κ2) is 8.95. The molecule has 3 aromatic rings. The highest BCUT2D eigenvalue weighted by Gasteiger charge is 2.41. The minimum atomic E-state index is -0.241. The summed E-state index contributed by atoms with van der Waals surface area (Å²) in [7, 11) is 0. The van der Waals surface area contributed by atoms with Crippen molar-refractivity contribution in [2.24, 2.45) is 0 Å². The van der Waals surface area contributed by atoms with E-state index in [0.717, 1.165) is 59.1 Å². The molecule has 2 saturated heterocycles. The number of piperidine rings is 1. The van der Waals surface area contributed by atoms with Crippen molar-refractivity contribution < 1.29 is 9.90 Å². The molecule has 2 aromatic carbocycles. The van der Waals surface area contributed by atoms with Crippen molar-refractivity contribution in [2.45, 2.75) is 63.6 Å². The van der Waals surface area contributed by atoms with E-state index in [1.165, 1.54) is 0 Å². The van der Waals surface area contributed by atoms with Gasteiger partial charge in [0.15, 0.2) is 5.78 Å². The van der Waals surface area contributed by atoms with E-state index in [4.69, 9.17) is 16.9 Å². The average molecular weight is 462 g/mol. The molecule has 0 spiro atoms. The zero-order chi connectivity index (χ0) is 23.1. The van der Waals surface area contributed by atoms with Gasteiger partial charge in [0, 0.05) is 45.9 Å². The van der Waals surface area contributed by atoms with Crippen LogP contribution >= 0.6 is 11.6 Å². The number of carbonyl (C=O) groups excluding carboxylic acids is 1. The van der Waals surface area contributed by atoms with Crippen LogP contribution in [0.1, 0.15) is 53.7 Å². The van der Waals surface area contributed by atoms with Gasteiger partial charge in [-0.2, -0.15) is 5.26 Å². The van der Waals surface area contributed by atoms with E-state index in [1.54, 1.807) is 0 Å². The van der Waals surface area contributed by atoms with Crippen molar-refractivity contribution in [3.8, 4) is 11.8 Å². The fourth-order valence-corrected chi connectivity index (χ4v) is 5.97. The van der Waals surface area contributed by atoms with E-state index < -0.39 is 0 Å². The summed E-state index contributed by atoms with van der Waals surface area (Å²) in [5.41, 5.74) is 4.69. The Morgan fingerprint density at radius 2 is 1.85 bits per heavy atom. The fraction of sp³-hybridized carbons (Fsp3) is 0.407. The van der Waals surface area contributed by atoms with Gasteiger partial charge < -0.3 is 9.67 Å². The Balaban J connectivity index is 1.57. The summed E-state index contributed by atoms with van der Waals surface area (Å²) in [5, 5.41) is 20.8. The van der Waals surface area contributed by atoms with Crippen LogP contribution in [0.5, 0.6) is 0 Å². The number of benzene rings is 2. The van der Waals surface area contributed by atoms with Crippen LogP contribution in [0.4, 0.5) is 0 Å². The molecule has 170 valence electrons. The Bertz CT molecular complexity index is 1230. The molecule has 0 radical (unpaired) electrons. The van der Waals surface area contributed by atoms with Crippen molar-refractivity contribution in [1.29, 1.82) is 5.26 Å². The molecule has 1 N–H and O–H groups in total. The van der Waals surface area contributed by atoms with E-state index in [2.05, 4.69) is 21.6 Å². The van der Waals surface area contributed by atoms with Crippen LogP contribution in [0, 0.1) is 18.3 Å². The summed E-state index contributed by atoms with van der Waals surface area (Å²) in [5.74, 6) is 0.128. The number of carbonyl (C=O) groups is 1. The summed E-state index contributed by atoms with van der Waals surface area (Å²) < 4.78 is 2.13. The Hall–Kier alpha value is -2.65. The molecule has 2 aliphatic heterocycles. The number of aliphatic hydroxyl groups excluding tert-OH is 1. The molecule has 2 bridgehead atoms. The lowest BCUT2D eigenvalue weighted by Gasteiger charge is -2.36. The molecular weight excluding hydrogens is 434 g/mol. The maximum Gasteiger partial charge on any atom is 0.179 e. The van der Waals surface area contributed by atoms with E-state index in [9.17, 15) is 9.90 Å². The second-order valence-corrected chi connectivity index (χ2v) is 9.82. The van der Waals surface area contributed by atoms with Gasteiger partial charge in [0.1, 0.15) is 0 Å². The van der Waals surface area contributed by atoms with E-state index >= 15 is 0 Å². The van der Waals surface area contributed by atoms with Gasteiger partial charge in [0.25, 0.3) is 0 Å². The third-order valence-corrected chi connectivity index (χ3v) is 7.60. The third kappa shape index (κ3) is 4.08. The first-order valence-electron chi connectivity index (χ1n) is 11.7. The van der Waals surface area contributed by atoms with Gasteiger partial charge in [0.2, 0.25) is 0 Å². The second-order valence-electron chi connectivity index (χ2n) is 9.39. The Kier molecular flexibility index (Phi) is 6.01. The highest BCUT2D eigenvalue weighted by molar-refractivity contribution is 6.30. The van der Waals surface area contributed by atoms with Gasteiger partial charge in [0.05, 0.1) is 24.2 Å². The molecule has 3 heterocycles. The monoisotopic (exact) mass is 461 g/mol. The van der Waals surface area contributed by atoms with E-state index in [-0.39, 0.29) is 11.9 Å². The molecule has 0 saturated carbocycles. The topological polar surface area (TPSA) is 69.3 Å². The van der Waals surface area contributed by atoms with Gasteiger partial charge in [-0.15, -0.1) is 0 Å². The summed E-state index contributed by atoms with van der Waals surface area (Å²) in [4.78, 5) is 16.0. The lowest BCUT2D eigenvalue weighted by atomic mass is 9.98. The van der Waals surface area contributed by atoms with E-state index in [1.807, 2.05) is 43.3 Å². The number of nitrogens with zero attached hydrogens (tertiary/aromatic N) is 3. The first-order chi connectivity index (χ1) is 16.0. The summed E-state index contributed by atoms with van der Waals surface area (Å²) in [6, 6.07) is 16.6. The number of rotatable bonds is 6. The standard InChI is InChI=1S/C27H28ClN3O2/c1-17-27(26(33)16-30-21-9-10-22(30)15-23(32)14-21)24-11-4-18(3-2-12-29)13-25(24)31(17)20-7-5-19(28)6-8-20/h4-8,11,13,21-23,32H,2-3,9-10,14-16H2,1H3/t21-,22+,23?. The summed E-state index contributed by atoms with van der Waals surface area (Å²) >= 11 is 6.13. The first-order valence-corrected chi connectivity index (χ1v) is 12.1. The van der Waals surface area contributed by atoms with Crippen LogP contribution in [0.2, 0.25) is 5.02 Å². The van der Waals surface area contributed by atoms with Crippen LogP contribution < -0.4 is 0 Å². The molecular formula is C27H28ClN3O2. The molecule has 0 amide bonds. The van der Waals surface area contributed by atoms with Gasteiger partial charge in [-0.3, -0.25) is 9.69 Å². The van der Waals surface area contributed by atoms with Crippen molar-refractivity contribution in [3.63, 3.8) is 0 Å². The molecule has 6 heteroatoms. The molecule has 5 nitrogen and oxygen atoms in total. The van der Waals surface area contributed by atoms with Crippen molar-refractivity contribution in [2.75, 3.05) is 6.54 Å². The predicted molar refractivity (Wildman–Crippen MR) is 130 cm³/mol. The molecule has 3 atom stereocenters. The number of aryl methyl sites for hydroxylation is 1. The van der Waals surface area contributed by atoms with Gasteiger partial charge in [-0.05, 0) is 74.9 Å². The van der Waals surface area contributed by atoms with Crippen LogP contribution in [0.25, 0.3) is 16.6 Å². The highest BCUT2D eigenvalue weighted by Crippen LogP contribution is 2.37. The molecule has 2 aliphatic rings. The minimum Gasteiger partial charge on any atom is -0.393 e.